The Labute approximate surface area is 126 Å². The minimum atomic E-state index is -0.277. The fourth-order valence-corrected chi connectivity index (χ4v) is 3.81. The first-order valence-corrected chi connectivity index (χ1v) is 7.72. The average Bonchev–Trinajstić information content (AvgIpc) is 3.11. The monoisotopic (exact) mass is 285 g/mol. The molecule has 0 saturated heterocycles. The van der Waals surface area contributed by atoms with E-state index in [1.54, 1.807) is 0 Å². The van der Waals surface area contributed by atoms with Gasteiger partial charge in [-0.25, -0.2) is 4.79 Å². The van der Waals surface area contributed by atoms with Gasteiger partial charge in [0.1, 0.15) is 0 Å². The smallest absolute Gasteiger partial charge is 0.339 e. The molecule has 1 aromatic carbocycles. The van der Waals surface area contributed by atoms with Gasteiger partial charge in [-0.1, -0.05) is 23.8 Å². The lowest BCUT2D eigenvalue weighted by Gasteiger charge is -2.27. The first-order chi connectivity index (χ1) is 10.1. The van der Waals surface area contributed by atoms with Gasteiger partial charge < -0.3 is 10.1 Å². The first kappa shape index (κ1) is 14.2. The van der Waals surface area contributed by atoms with E-state index < -0.39 is 0 Å². The van der Waals surface area contributed by atoms with Crippen molar-refractivity contribution < 1.29 is 9.53 Å². The van der Waals surface area contributed by atoms with Crippen molar-refractivity contribution in [3.05, 3.63) is 41.5 Å². The summed E-state index contributed by atoms with van der Waals surface area (Å²) in [6.45, 7) is 4.21. The maximum Gasteiger partial charge on any atom is 0.339 e. The van der Waals surface area contributed by atoms with E-state index in [4.69, 9.17) is 4.74 Å². The van der Waals surface area contributed by atoms with Gasteiger partial charge in [-0.2, -0.15) is 0 Å². The Kier molecular flexibility index (Phi) is 3.75. The zero-order valence-electron chi connectivity index (χ0n) is 12.9. The fourth-order valence-electron chi connectivity index (χ4n) is 3.81. The maximum absolute atomic E-state index is 11.9. The number of aryl methyl sites for hydroxylation is 1. The van der Waals surface area contributed by atoms with Crippen molar-refractivity contribution in [1.29, 1.82) is 0 Å². The van der Waals surface area contributed by atoms with Crippen molar-refractivity contribution in [2.24, 2.45) is 17.8 Å². The highest BCUT2D eigenvalue weighted by atomic mass is 16.5. The van der Waals surface area contributed by atoms with Gasteiger partial charge in [0.15, 0.2) is 0 Å². The number of carbonyl (C=O) groups excluding carboxylic acids is 1. The number of benzene rings is 1. The molecule has 2 bridgehead atoms. The normalized spacial score (nSPS) is 27.7. The van der Waals surface area contributed by atoms with Gasteiger partial charge in [0, 0.05) is 11.7 Å². The van der Waals surface area contributed by atoms with Gasteiger partial charge in [-0.05, 0) is 56.6 Å². The van der Waals surface area contributed by atoms with Crippen molar-refractivity contribution in [1.82, 2.24) is 0 Å². The predicted molar refractivity (Wildman–Crippen MR) is 84.4 cm³/mol. The highest BCUT2D eigenvalue weighted by Gasteiger charge is 2.38. The van der Waals surface area contributed by atoms with Crippen LogP contribution in [0.2, 0.25) is 0 Å². The van der Waals surface area contributed by atoms with E-state index in [2.05, 4.69) is 24.4 Å². The molecule has 0 aromatic heterocycles. The molecule has 1 aromatic rings. The maximum atomic E-state index is 11.9. The largest absolute Gasteiger partial charge is 0.465 e. The summed E-state index contributed by atoms with van der Waals surface area (Å²) in [6.07, 6.45) is 7.29. The topological polar surface area (TPSA) is 38.3 Å². The Hall–Kier alpha value is -1.77. The van der Waals surface area contributed by atoms with E-state index >= 15 is 0 Å². The van der Waals surface area contributed by atoms with Crippen LogP contribution in [0.5, 0.6) is 0 Å². The quantitative estimate of drug-likeness (QED) is 0.675. The number of fused-ring (bicyclic) bond motifs is 2. The second kappa shape index (κ2) is 5.55. The van der Waals surface area contributed by atoms with E-state index in [1.165, 1.54) is 20.0 Å². The zero-order chi connectivity index (χ0) is 15.0. The predicted octanol–water partition coefficient (Wildman–Crippen LogP) is 3.79. The molecule has 2 aliphatic carbocycles. The number of nitrogens with one attached hydrogen (secondary N) is 1. The first-order valence-electron chi connectivity index (χ1n) is 7.72. The third-order valence-electron chi connectivity index (χ3n) is 4.94. The highest BCUT2D eigenvalue weighted by molar-refractivity contribution is 5.95. The van der Waals surface area contributed by atoms with E-state index in [0.717, 1.165) is 17.2 Å². The van der Waals surface area contributed by atoms with E-state index in [-0.39, 0.29) is 5.97 Å². The van der Waals surface area contributed by atoms with Gasteiger partial charge >= 0.3 is 5.97 Å². The number of rotatable bonds is 4. The zero-order valence-corrected chi connectivity index (χ0v) is 12.9. The molecule has 1 fully saturated rings. The molecule has 112 valence electrons. The molecule has 0 amide bonds. The Morgan fingerprint density at radius 3 is 2.76 bits per heavy atom. The lowest BCUT2D eigenvalue weighted by atomic mass is 9.87. The molecule has 1 N–H and O–H groups in total. The Morgan fingerprint density at radius 2 is 2.14 bits per heavy atom. The molecule has 1 saturated carbocycles. The van der Waals surface area contributed by atoms with Crippen molar-refractivity contribution in [3.8, 4) is 0 Å². The minimum Gasteiger partial charge on any atom is -0.465 e. The van der Waals surface area contributed by atoms with Crippen LogP contribution < -0.4 is 5.32 Å². The van der Waals surface area contributed by atoms with Crippen molar-refractivity contribution in [2.75, 3.05) is 12.4 Å². The summed E-state index contributed by atoms with van der Waals surface area (Å²) in [5.41, 5.74) is 2.58. The highest BCUT2D eigenvalue weighted by Crippen LogP contribution is 2.45. The van der Waals surface area contributed by atoms with Gasteiger partial charge in [0.2, 0.25) is 0 Å². The fraction of sp³-hybridized carbons (Fsp3) is 0.500. The molecule has 3 rings (SSSR count). The molecule has 0 radical (unpaired) electrons. The Balaban J connectivity index is 1.78. The van der Waals surface area contributed by atoms with Crippen LogP contribution in [0.3, 0.4) is 0 Å². The summed E-state index contributed by atoms with van der Waals surface area (Å²) in [5, 5.41) is 3.54. The molecule has 4 atom stereocenters. The van der Waals surface area contributed by atoms with Gasteiger partial charge in [-0.15, -0.1) is 0 Å². The standard InChI is InChI=1S/C18H23NO2/c1-11-4-7-17(16(8-11)18(20)21-3)19-12(2)15-10-13-5-6-14(15)9-13/h4-8,12-15,19H,9-10H2,1-3H3. The SMILES string of the molecule is COC(=O)c1cc(C)ccc1NC(C)C1CC2C=CC1C2. The van der Waals surface area contributed by atoms with Gasteiger partial charge in [-0.3, -0.25) is 0 Å². The minimum absolute atomic E-state index is 0.277. The van der Waals surface area contributed by atoms with Crippen LogP contribution >= 0.6 is 0 Å². The summed E-state index contributed by atoms with van der Waals surface area (Å²) < 4.78 is 4.90. The molecule has 0 heterocycles. The number of allylic oxidation sites excluding steroid dienone is 2. The number of methoxy groups -OCH3 is 1. The lowest BCUT2D eigenvalue weighted by molar-refractivity contribution is 0.0601. The molecular weight excluding hydrogens is 262 g/mol. The summed E-state index contributed by atoms with van der Waals surface area (Å²) >= 11 is 0. The number of esters is 1. The van der Waals surface area contributed by atoms with E-state index in [1.807, 2.05) is 25.1 Å². The summed E-state index contributed by atoms with van der Waals surface area (Å²) in [7, 11) is 1.43. The molecule has 2 aliphatic rings. The lowest BCUT2D eigenvalue weighted by Crippen LogP contribution is -2.29. The van der Waals surface area contributed by atoms with Crippen molar-refractivity contribution >= 4 is 11.7 Å². The van der Waals surface area contributed by atoms with Gasteiger partial charge in [0.05, 0.1) is 12.7 Å². The second-order valence-electron chi connectivity index (χ2n) is 6.42. The third kappa shape index (κ3) is 2.69. The second-order valence-corrected chi connectivity index (χ2v) is 6.42. The van der Waals surface area contributed by atoms with Gasteiger partial charge in [0.25, 0.3) is 0 Å². The Morgan fingerprint density at radius 1 is 1.33 bits per heavy atom. The summed E-state index contributed by atoms with van der Waals surface area (Å²) in [5.74, 6) is 1.85. The Bertz CT molecular complexity index is 579. The number of anilines is 1. The third-order valence-corrected chi connectivity index (χ3v) is 4.94. The molecule has 4 unspecified atom stereocenters. The molecule has 3 heteroatoms. The van der Waals surface area contributed by atoms with Crippen molar-refractivity contribution in [3.63, 3.8) is 0 Å². The molecule has 0 aliphatic heterocycles. The molecular formula is C18H23NO2. The van der Waals surface area contributed by atoms with Crippen LogP contribution in [0.15, 0.2) is 30.4 Å². The molecule has 21 heavy (non-hydrogen) atoms. The van der Waals surface area contributed by atoms with Crippen LogP contribution in [-0.2, 0) is 4.74 Å². The van der Waals surface area contributed by atoms with E-state index in [9.17, 15) is 4.79 Å². The number of carbonyl (C=O) groups is 1. The van der Waals surface area contributed by atoms with Crippen LogP contribution in [0, 0.1) is 24.7 Å². The van der Waals surface area contributed by atoms with Crippen LogP contribution in [-0.4, -0.2) is 19.1 Å². The summed E-state index contributed by atoms with van der Waals surface area (Å²) in [6, 6.07) is 6.27. The average molecular weight is 285 g/mol. The van der Waals surface area contributed by atoms with Crippen LogP contribution in [0.1, 0.15) is 35.7 Å². The van der Waals surface area contributed by atoms with Crippen molar-refractivity contribution in [2.45, 2.75) is 32.7 Å². The number of hydrogen-bond donors (Lipinski definition) is 1. The molecule has 3 nitrogen and oxygen atoms in total. The van der Waals surface area contributed by atoms with Crippen LogP contribution in [0.4, 0.5) is 5.69 Å². The van der Waals surface area contributed by atoms with E-state index in [0.29, 0.717) is 23.4 Å². The molecule has 0 spiro atoms. The number of ether oxygens (including phenoxy) is 1. The number of hydrogen-bond acceptors (Lipinski definition) is 3. The van der Waals surface area contributed by atoms with Crippen LogP contribution in [0.25, 0.3) is 0 Å². The summed E-state index contributed by atoms with van der Waals surface area (Å²) in [4.78, 5) is 11.9.